The number of allylic oxidation sites excluding steroid dienone is 1. The van der Waals surface area contributed by atoms with E-state index in [0.29, 0.717) is 16.4 Å². The van der Waals surface area contributed by atoms with Gasteiger partial charge in [-0.3, -0.25) is 15.5 Å². The van der Waals surface area contributed by atoms with Gasteiger partial charge in [0, 0.05) is 28.8 Å². The van der Waals surface area contributed by atoms with Gasteiger partial charge < -0.3 is 0 Å². The third kappa shape index (κ3) is 4.23. The number of hydrogen-bond donors (Lipinski definition) is 1. The van der Waals surface area contributed by atoms with E-state index in [1.807, 2.05) is 18.4 Å². The van der Waals surface area contributed by atoms with Crippen molar-refractivity contribution in [2.75, 3.05) is 5.43 Å². The number of thiazole rings is 1. The van der Waals surface area contributed by atoms with Gasteiger partial charge in [0.15, 0.2) is 0 Å². The first kappa shape index (κ1) is 15.8. The summed E-state index contributed by atoms with van der Waals surface area (Å²) < 4.78 is 0. The van der Waals surface area contributed by atoms with Crippen molar-refractivity contribution < 1.29 is 4.92 Å². The van der Waals surface area contributed by atoms with E-state index < -0.39 is 4.92 Å². The van der Waals surface area contributed by atoms with E-state index in [1.54, 1.807) is 12.1 Å². The molecule has 0 fully saturated rings. The van der Waals surface area contributed by atoms with Crippen molar-refractivity contribution in [2.45, 2.75) is 19.8 Å². The number of nitrogens with zero attached hydrogens (tertiary/aromatic N) is 3. The molecule has 0 bridgehead atoms. The van der Waals surface area contributed by atoms with Crippen LogP contribution in [0, 0.1) is 10.1 Å². The summed E-state index contributed by atoms with van der Waals surface area (Å²) in [6.45, 7) is 5.61. The van der Waals surface area contributed by atoms with Gasteiger partial charge in [-0.1, -0.05) is 18.2 Å². The molecule has 0 unspecified atom stereocenters. The number of rotatable bonds is 7. The Balaban J connectivity index is 2.10. The number of nitro benzene ring substituents is 1. The third-order valence-electron chi connectivity index (χ3n) is 2.91. The van der Waals surface area contributed by atoms with Gasteiger partial charge in [-0.25, -0.2) is 4.98 Å². The molecule has 7 heteroatoms. The largest absolute Gasteiger partial charge is 0.270 e. The first-order valence-electron chi connectivity index (χ1n) is 6.70. The summed E-state index contributed by atoms with van der Waals surface area (Å²) >= 11 is 1.41. The van der Waals surface area contributed by atoms with E-state index in [9.17, 15) is 10.1 Å². The molecule has 2 aromatic rings. The summed E-state index contributed by atoms with van der Waals surface area (Å²) in [7, 11) is 0. The Morgan fingerprint density at radius 3 is 3.14 bits per heavy atom. The molecule has 1 aromatic carbocycles. The lowest BCUT2D eigenvalue weighted by atomic mass is 10.1. The molecule has 1 N–H and O–H groups in total. The molecule has 0 saturated carbocycles. The van der Waals surface area contributed by atoms with Crippen LogP contribution in [-0.4, -0.2) is 15.6 Å². The van der Waals surface area contributed by atoms with Crippen molar-refractivity contribution in [1.82, 2.24) is 4.98 Å². The smallest absolute Gasteiger partial charge is 0.258 e. The summed E-state index contributed by atoms with van der Waals surface area (Å²) in [6.07, 6.45) is 3.58. The van der Waals surface area contributed by atoms with Crippen LogP contribution in [0.4, 0.5) is 10.8 Å². The van der Waals surface area contributed by atoms with Crippen molar-refractivity contribution in [3.63, 3.8) is 0 Å². The summed E-state index contributed by atoms with van der Waals surface area (Å²) in [5.41, 5.74) is 5.33. The first-order chi connectivity index (χ1) is 10.6. The van der Waals surface area contributed by atoms with Crippen molar-refractivity contribution in [1.29, 1.82) is 0 Å². The minimum absolute atomic E-state index is 0.0540. The van der Waals surface area contributed by atoms with Crippen LogP contribution in [0.2, 0.25) is 0 Å². The van der Waals surface area contributed by atoms with Gasteiger partial charge in [0.1, 0.15) is 0 Å². The molecule has 0 amide bonds. The molecule has 0 aliphatic rings. The second-order valence-electron chi connectivity index (χ2n) is 4.63. The Hall–Kier alpha value is -2.54. The second kappa shape index (κ2) is 7.46. The average molecular weight is 316 g/mol. The van der Waals surface area contributed by atoms with Gasteiger partial charge in [0.25, 0.3) is 5.69 Å². The molecule has 22 heavy (non-hydrogen) atoms. The normalized spacial score (nSPS) is 11.2. The molecule has 2 rings (SSSR count). The molecule has 0 atom stereocenters. The van der Waals surface area contributed by atoms with Crippen LogP contribution in [-0.2, 0) is 0 Å². The van der Waals surface area contributed by atoms with Crippen molar-refractivity contribution in [2.24, 2.45) is 5.10 Å². The van der Waals surface area contributed by atoms with E-state index in [2.05, 4.69) is 22.1 Å². The standard InChI is InChI=1S/C15H16N4O2S/c1-3-4-6-11(2)17-18-15-16-14(10-22-15)12-7-5-8-13(9-12)19(20)21/h3,5,7-10H,1,4,6H2,2H3,(H,16,18)/b17-11-. The molecular formula is C15H16N4O2S. The highest BCUT2D eigenvalue weighted by Gasteiger charge is 2.09. The van der Waals surface area contributed by atoms with E-state index in [1.165, 1.54) is 23.5 Å². The fraction of sp³-hybridized carbons (Fsp3) is 0.200. The van der Waals surface area contributed by atoms with Gasteiger partial charge in [-0.2, -0.15) is 5.10 Å². The fourth-order valence-corrected chi connectivity index (χ4v) is 2.41. The Morgan fingerprint density at radius 1 is 1.59 bits per heavy atom. The number of nitro groups is 1. The zero-order chi connectivity index (χ0) is 15.9. The monoisotopic (exact) mass is 316 g/mol. The Labute approximate surface area is 132 Å². The number of benzene rings is 1. The summed E-state index contributed by atoms with van der Waals surface area (Å²) in [5, 5.41) is 17.5. The molecule has 0 saturated heterocycles. The second-order valence-corrected chi connectivity index (χ2v) is 5.49. The lowest BCUT2D eigenvalue weighted by Crippen LogP contribution is -1.96. The van der Waals surface area contributed by atoms with E-state index >= 15 is 0 Å². The lowest BCUT2D eigenvalue weighted by Gasteiger charge is -1.99. The predicted molar refractivity (Wildman–Crippen MR) is 90.4 cm³/mol. The van der Waals surface area contributed by atoms with Crippen LogP contribution >= 0.6 is 11.3 Å². The van der Waals surface area contributed by atoms with Crippen molar-refractivity contribution in [3.8, 4) is 11.3 Å². The zero-order valence-corrected chi connectivity index (χ0v) is 13.0. The van der Waals surface area contributed by atoms with Gasteiger partial charge in [-0.05, 0) is 19.8 Å². The molecule has 0 aliphatic heterocycles. The SMILES string of the molecule is C=CCC/C(C)=N\Nc1nc(-c2cccc([N+](=O)[O-])c2)cs1. The highest BCUT2D eigenvalue weighted by Crippen LogP contribution is 2.27. The third-order valence-corrected chi connectivity index (χ3v) is 3.66. The summed E-state index contributed by atoms with van der Waals surface area (Å²) in [5.74, 6) is 0. The van der Waals surface area contributed by atoms with Crippen LogP contribution in [0.3, 0.4) is 0 Å². The molecule has 0 spiro atoms. The van der Waals surface area contributed by atoms with Crippen LogP contribution in [0.15, 0.2) is 47.4 Å². The van der Waals surface area contributed by atoms with E-state index in [-0.39, 0.29) is 5.69 Å². The maximum atomic E-state index is 10.8. The average Bonchev–Trinajstić information content (AvgIpc) is 3.00. The molecule has 114 valence electrons. The Bertz CT molecular complexity index is 709. The van der Waals surface area contributed by atoms with Crippen LogP contribution in [0.1, 0.15) is 19.8 Å². The molecular weight excluding hydrogens is 300 g/mol. The van der Waals surface area contributed by atoms with Crippen molar-refractivity contribution in [3.05, 3.63) is 52.4 Å². The van der Waals surface area contributed by atoms with E-state index in [0.717, 1.165) is 18.6 Å². The molecule has 6 nitrogen and oxygen atoms in total. The molecule has 1 aromatic heterocycles. The van der Waals surface area contributed by atoms with Gasteiger partial charge in [-0.15, -0.1) is 17.9 Å². The van der Waals surface area contributed by atoms with Gasteiger partial charge in [0.2, 0.25) is 5.13 Å². The highest BCUT2D eigenvalue weighted by molar-refractivity contribution is 7.14. The predicted octanol–water partition coefficient (Wildman–Crippen LogP) is 4.47. The molecule has 0 radical (unpaired) electrons. The molecule has 1 heterocycles. The number of hydrazone groups is 1. The maximum Gasteiger partial charge on any atom is 0.270 e. The maximum absolute atomic E-state index is 10.8. The number of nitrogens with one attached hydrogen (secondary N) is 1. The summed E-state index contributed by atoms with van der Waals surface area (Å²) in [4.78, 5) is 14.8. The van der Waals surface area contributed by atoms with Crippen LogP contribution < -0.4 is 5.43 Å². The first-order valence-corrected chi connectivity index (χ1v) is 7.58. The van der Waals surface area contributed by atoms with Crippen LogP contribution in [0.5, 0.6) is 0 Å². The number of anilines is 1. The van der Waals surface area contributed by atoms with Crippen molar-refractivity contribution >= 4 is 27.9 Å². The topological polar surface area (TPSA) is 80.4 Å². The number of aromatic nitrogens is 1. The Kier molecular flexibility index (Phi) is 5.37. The summed E-state index contributed by atoms with van der Waals surface area (Å²) in [6, 6.07) is 6.42. The molecule has 0 aliphatic carbocycles. The number of hydrogen-bond acceptors (Lipinski definition) is 6. The lowest BCUT2D eigenvalue weighted by molar-refractivity contribution is -0.384. The minimum Gasteiger partial charge on any atom is -0.258 e. The zero-order valence-electron chi connectivity index (χ0n) is 12.2. The van der Waals surface area contributed by atoms with Gasteiger partial charge in [0.05, 0.1) is 10.6 Å². The number of non-ortho nitro benzene ring substituents is 1. The van der Waals surface area contributed by atoms with Crippen LogP contribution in [0.25, 0.3) is 11.3 Å². The quantitative estimate of drug-likeness (QED) is 0.353. The van der Waals surface area contributed by atoms with Gasteiger partial charge >= 0.3 is 0 Å². The Morgan fingerprint density at radius 2 is 2.41 bits per heavy atom. The minimum atomic E-state index is -0.414. The van der Waals surface area contributed by atoms with E-state index in [4.69, 9.17) is 0 Å². The highest BCUT2D eigenvalue weighted by atomic mass is 32.1. The fourth-order valence-electron chi connectivity index (χ4n) is 1.75.